The summed E-state index contributed by atoms with van der Waals surface area (Å²) in [5.74, 6) is 0.450. The highest BCUT2D eigenvalue weighted by Crippen LogP contribution is 2.18. The highest BCUT2D eigenvalue weighted by Gasteiger charge is 2.09. The number of benzene rings is 1. The second-order valence-corrected chi connectivity index (χ2v) is 5.80. The Hall–Kier alpha value is -3.05. The molecular weight excluding hydrogens is 326 g/mol. The Morgan fingerprint density at radius 3 is 2.46 bits per heavy atom. The van der Waals surface area contributed by atoms with Gasteiger partial charge in [-0.25, -0.2) is 4.98 Å². The minimum absolute atomic E-state index is 0.450. The Kier molecular flexibility index (Phi) is 6.45. The largest absolute Gasteiger partial charge is 0.276 e. The Bertz CT molecular complexity index is 810. The van der Waals surface area contributed by atoms with Gasteiger partial charge in [0.1, 0.15) is 0 Å². The fraction of sp³-hybridized carbons (Fsp3) is 0.190. The van der Waals surface area contributed by atoms with Crippen molar-refractivity contribution >= 4 is 12.2 Å². The fourth-order valence-corrected chi connectivity index (χ4v) is 2.59. The lowest BCUT2D eigenvalue weighted by atomic mass is 10.1. The monoisotopic (exact) mass is 347 g/mol. The molecule has 2 heterocycles. The van der Waals surface area contributed by atoms with E-state index in [1.165, 1.54) is 10.6 Å². The maximum Gasteiger partial charge on any atom is 0.239 e. The molecule has 0 spiro atoms. The average Bonchev–Trinajstić information content (AvgIpc) is 2.72. The van der Waals surface area contributed by atoms with Crippen LogP contribution < -0.4 is 5.06 Å². The normalized spacial score (nSPS) is 10.5. The summed E-state index contributed by atoms with van der Waals surface area (Å²) in [6.07, 6.45) is 5.21. The van der Waals surface area contributed by atoms with Gasteiger partial charge in [-0.3, -0.25) is 14.6 Å². The van der Waals surface area contributed by atoms with Crippen molar-refractivity contribution in [3.05, 3.63) is 78.5 Å². The average molecular weight is 347 g/mol. The van der Waals surface area contributed by atoms with Crippen LogP contribution in [0, 0.1) is 0 Å². The Balaban J connectivity index is 1.53. The first-order valence-corrected chi connectivity index (χ1v) is 8.66. The van der Waals surface area contributed by atoms with Crippen molar-refractivity contribution in [3.8, 4) is 11.4 Å². The van der Waals surface area contributed by atoms with Crippen LogP contribution >= 0.6 is 0 Å². The zero-order chi connectivity index (χ0) is 18.0. The van der Waals surface area contributed by atoms with Gasteiger partial charge in [-0.05, 0) is 49.1 Å². The Labute approximate surface area is 153 Å². The highest BCUT2D eigenvalue weighted by molar-refractivity contribution is 5.71. The van der Waals surface area contributed by atoms with Gasteiger partial charge in [-0.15, -0.1) is 0 Å². The molecule has 0 bridgehead atoms. The van der Waals surface area contributed by atoms with Crippen molar-refractivity contribution in [3.63, 3.8) is 0 Å². The van der Waals surface area contributed by atoms with Gasteiger partial charge < -0.3 is 0 Å². The third-order valence-corrected chi connectivity index (χ3v) is 3.92. The van der Waals surface area contributed by atoms with Crippen LogP contribution in [0.3, 0.4) is 0 Å². The molecule has 5 heteroatoms. The zero-order valence-electron chi connectivity index (χ0n) is 14.5. The van der Waals surface area contributed by atoms with Gasteiger partial charge in [0.2, 0.25) is 6.41 Å². The molecule has 0 fully saturated rings. The van der Waals surface area contributed by atoms with Gasteiger partial charge in [0.05, 0.1) is 18.0 Å². The predicted molar refractivity (Wildman–Crippen MR) is 101 cm³/mol. The van der Waals surface area contributed by atoms with Crippen molar-refractivity contribution in [2.24, 2.45) is 0 Å². The molecule has 0 atom stereocenters. The van der Waals surface area contributed by atoms with Crippen LogP contribution in [0.25, 0.3) is 11.4 Å². The number of anilines is 1. The second-order valence-electron chi connectivity index (χ2n) is 5.80. The molecule has 0 saturated carbocycles. The smallest absolute Gasteiger partial charge is 0.239 e. The molecule has 1 aromatic carbocycles. The van der Waals surface area contributed by atoms with E-state index >= 15 is 0 Å². The lowest BCUT2D eigenvalue weighted by Crippen LogP contribution is -2.23. The number of unbranched alkanes of at least 4 members (excludes halogenated alkanes) is 1. The lowest BCUT2D eigenvalue weighted by Gasteiger charge is -2.16. The van der Waals surface area contributed by atoms with Crippen molar-refractivity contribution in [2.45, 2.75) is 19.3 Å². The van der Waals surface area contributed by atoms with Crippen LogP contribution in [0.5, 0.6) is 0 Å². The number of carbonyl (C=O) groups excluding carboxylic acids is 1. The molecule has 3 rings (SSSR count). The van der Waals surface area contributed by atoms with E-state index in [2.05, 4.69) is 22.1 Å². The summed E-state index contributed by atoms with van der Waals surface area (Å²) in [7, 11) is 0. The van der Waals surface area contributed by atoms with Crippen LogP contribution in [0.2, 0.25) is 0 Å². The van der Waals surface area contributed by atoms with E-state index < -0.39 is 0 Å². The van der Waals surface area contributed by atoms with E-state index in [4.69, 9.17) is 4.84 Å². The van der Waals surface area contributed by atoms with E-state index in [0.717, 1.165) is 25.0 Å². The number of hydrogen-bond acceptors (Lipinski definition) is 4. The zero-order valence-corrected chi connectivity index (χ0v) is 14.5. The first-order valence-electron chi connectivity index (χ1n) is 8.66. The minimum atomic E-state index is 0.450. The van der Waals surface area contributed by atoms with Crippen LogP contribution in [0.4, 0.5) is 5.82 Å². The van der Waals surface area contributed by atoms with Gasteiger partial charge in [0, 0.05) is 6.20 Å². The third-order valence-electron chi connectivity index (χ3n) is 3.92. The van der Waals surface area contributed by atoms with Crippen molar-refractivity contribution in [2.75, 3.05) is 11.7 Å². The van der Waals surface area contributed by atoms with E-state index in [-0.39, 0.29) is 0 Å². The van der Waals surface area contributed by atoms with Crippen LogP contribution in [0.15, 0.2) is 72.9 Å². The standard InChI is InChI=1S/C21H21N3O2/c25-17-24(26-16-7-5-11-18-9-2-1-3-10-18)21-14-8-13-20(23-21)19-12-4-6-15-22-19/h1-4,6,8-10,12-15,17H,5,7,11,16H2. The summed E-state index contributed by atoms with van der Waals surface area (Å²) < 4.78 is 0. The SMILES string of the molecule is O=CN(OCCCCc1ccccc1)c1cccc(-c2ccccn2)n1. The summed E-state index contributed by atoms with van der Waals surface area (Å²) >= 11 is 0. The molecule has 0 saturated heterocycles. The van der Waals surface area contributed by atoms with Gasteiger partial charge >= 0.3 is 0 Å². The summed E-state index contributed by atoms with van der Waals surface area (Å²) in [5, 5.41) is 1.18. The number of amides is 1. The van der Waals surface area contributed by atoms with Crippen LogP contribution in [0.1, 0.15) is 18.4 Å². The number of aryl methyl sites for hydroxylation is 1. The van der Waals surface area contributed by atoms with Crippen LogP contribution in [-0.2, 0) is 16.1 Å². The molecule has 5 nitrogen and oxygen atoms in total. The maximum absolute atomic E-state index is 11.4. The lowest BCUT2D eigenvalue weighted by molar-refractivity contribution is -0.114. The van der Waals surface area contributed by atoms with Crippen molar-refractivity contribution < 1.29 is 9.63 Å². The van der Waals surface area contributed by atoms with Gasteiger partial charge in [-0.1, -0.05) is 42.5 Å². The molecule has 0 radical (unpaired) electrons. The predicted octanol–water partition coefficient (Wildman–Crippen LogP) is 4.06. The molecule has 1 amide bonds. The molecule has 0 aliphatic carbocycles. The quantitative estimate of drug-likeness (QED) is 0.333. The first kappa shape index (κ1) is 17.8. The van der Waals surface area contributed by atoms with E-state index in [0.29, 0.717) is 24.5 Å². The number of carbonyl (C=O) groups is 1. The molecular formula is C21H21N3O2. The van der Waals surface area contributed by atoms with Gasteiger partial charge in [-0.2, -0.15) is 5.06 Å². The summed E-state index contributed by atoms with van der Waals surface area (Å²) in [6.45, 7) is 0.459. The minimum Gasteiger partial charge on any atom is -0.276 e. The number of rotatable bonds is 9. The van der Waals surface area contributed by atoms with Crippen molar-refractivity contribution in [1.82, 2.24) is 9.97 Å². The first-order chi connectivity index (χ1) is 12.9. The molecule has 0 unspecified atom stereocenters. The molecule has 132 valence electrons. The maximum atomic E-state index is 11.4. The van der Waals surface area contributed by atoms with Crippen LogP contribution in [-0.4, -0.2) is 23.0 Å². The van der Waals surface area contributed by atoms with Gasteiger partial charge in [0.15, 0.2) is 5.82 Å². The number of pyridine rings is 2. The van der Waals surface area contributed by atoms with Gasteiger partial charge in [0.25, 0.3) is 0 Å². The molecule has 3 aromatic rings. The number of hydroxylamine groups is 1. The Morgan fingerprint density at radius 2 is 1.69 bits per heavy atom. The highest BCUT2D eigenvalue weighted by atomic mass is 16.7. The summed E-state index contributed by atoms with van der Waals surface area (Å²) in [5.41, 5.74) is 2.76. The molecule has 2 aromatic heterocycles. The topological polar surface area (TPSA) is 55.3 Å². The van der Waals surface area contributed by atoms with E-state index in [9.17, 15) is 4.79 Å². The number of aromatic nitrogens is 2. The number of nitrogens with zero attached hydrogens (tertiary/aromatic N) is 3. The molecule has 0 N–H and O–H groups in total. The summed E-state index contributed by atoms with van der Waals surface area (Å²) in [6, 6.07) is 21.4. The third kappa shape index (κ3) is 4.97. The van der Waals surface area contributed by atoms with E-state index in [1.54, 1.807) is 12.3 Å². The van der Waals surface area contributed by atoms with Crippen molar-refractivity contribution in [1.29, 1.82) is 0 Å². The second kappa shape index (κ2) is 9.44. The summed E-state index contributed by atoms with van der Waals surface area (Å²) in [4.78, 5) is 25.7. The molecule has 0 aliphatic heterocycles. The number of hydrogen-bond donors (Lipinski definition) is 0. The Morgan fingerprint density at radius 1 is 0.885 bits per heavy atom. The fourth-order valence-electron chi connectivity index (χ4n) is 2.59. The van der Waals surface area contributed by atoms with E-state index in [1.807, 2.05) is 48.5 Å². The molecule has 26 heavy (non-hydrogen) atoms. The molecule has 0 aliphatic rings.